The SMILES string of the molecule is [2H]C1([2H])N(CC2CCC(n3nc(-c4ccc(Oc5ccccc5)cc4)c4c(N)ncnc43)CC2)C([2H])([2H])C([2H])([2H])N(c2cc(F)c3c(c2)C(=O)N(C2CCC(=O)NC2=O)C3=O)C1([2H])[2H]. The molecule has 1 aliphatic carbocycles. The molecule has 3 N–H and O–H groups in total. The van der Waals surface area contributed by atoms with E-state index in [4.69, 9.17) is 26.5 Å². The number of nitrogens with zero attached hydrogens (tertiary/aromatic N) is 7. The number of fused-ring (bicyclic) bond motifs is 2. The van der Waals surface area contributed by atoms with Gasteiger partial charge in [0.05, 0.1) is 28.0 Å². The minimum Gasteiger partial charge on any atom is -0.457 e. The van der Waals surface area contributed by atoms with E-state index in [-0.39, 0.29) is 29.6 Å². The monoisotopic (exact) mass is 765 g/mol. The molecule has 0 radical (unpaired) electrons. The average Bonchev–Trinajstić information content (AvgIpc) is 3.75. The lowest BCUT2D eigenvalue weighted by Gasteiger charge is -2.39. The molecule has 14 nitrogen and oxygen atoms in total. The fourth-order valence-corrected chi connectivity index (χ4v) is 7.75. The number of piperidine rings is 1. The molecule has 56 heavy (non-hydrogen) atoms. The second-order valence-electron chi connectivity index (χ2n) is 14.1. The lowest BCUT2D eigenvalue weighted by atomic mass is 9.85. The number of carbonyl (C=O) groups excluding carboxylic acids is 4. The molecule has 2 aromatic heterocycles. The van der Waals surface area contributed by atoms with E-state index in [1.807, 2.05) is 59.9 Å². The third-order valence-electron chi connectivity index (χ3n) is 10.6. The van der Waals surface area contributed by atoms with Crippen LogP contribution in [0.1, 0.15) is 76.2 Å². The van der Waals surface area contributed by atoms with Gasteiger partial charge in [-0.3, -0.25) is 34.3 Å². The fraction of sp³-hybridized carbons (Fsp3) is 0.341. The number of aromatic nitrogens is 4. The first kappa shape index (κ1) is 27.4. The number of carbonyl (C=O) groups is 4. The van der Waals surface area contributed by atoms with Gasteiger partial charge in [-0.1, -0.05) is 18.2 Å². The molecular weight excluding hydrogens is 718 g/mol. The second kappa shape index (κ2) is 14.5. The first-order chi connectivity index (χ1) is 30.2. The number of imide groups is 2. The molecule has 5 heterocycles. The number of anilines is 2. The number of hydrogen-bond acceptors (Lipinski definition) is 11. The van der Waals surface area contributed by atoms with E-state index in [0.717, 1.165) is 11.6 Å². The Morgan fingerprint density at radius 1 is 0.875 bits per heavy atom. The van der Waals surface area contributed by atoms with Crippen molar-refractivity contribution in [2.45, 2.75) is 50.6 Å². The van der Waals surface area contributed by atoms with Crippen LogP contribution in [0.5, 0.6) is 11.5 Å². The standard InChI is InChI=1S/C41H40FN9O5/c42-31-21-27(20-30-34(31)41(55)50(40(30)54)32-14-15-33(52)46-39(32)53)49-18-16-48(17-19-49)22-24-6-10-26(11-7-24)51-38-35(37(43)44-23-45-38)36(47-51)25-8-12-29(13-9-25)56-28-4-2-1-3-5-28/h1-5,8-9,12-13,20-21,23-24,26,32H,6-7,10-11,14-19,22H2,(H2,43,44,45)(H,46,52,53)/i16D2,17D2,18D2,19D2. The van der Waals surface area contributed by atoms with Gasteiger partial charge in [-0.15, -0.1) is 0 Å². The summed E-state index contributed by atoms with van der Waals surface area (Å²) in [5.74, 6) is -4.26. The summed E-state index contributed by atoms with van der Waals surface area (Å²) in [6, 6.07) is 16.3. The summed E-state index contributed by atoms with van der Waals surface area (Å²) in [4.78, 5) is 61.1. The van der Waals surface area contributed by atoms with E-state index >= 15 is 4.39 Å². The van der Waals surface area contributed by atoms with Gasteiger partial charge < -0.3 is 15.4 Å². The third kappa shape index (κ3) is 6.51. The minimum atomic E-state index is -3.41. The summed E-state index contributed by atoms with van der Waals surface area (Å²) in [6.07, 6.45) is 2.63. The molecule has 1 atom stereocenters. The summed E-state index contributed by atoms with van der Waals surface area (Å²) in [5, 5.41) is 7.53. The highest BCUT2D eigenvalue weighted by Gasteiger charge is 2.46. The lowest BCUT2D eigenvalue weighted by Crippen LogP contribution is -2.54. The molecule has 9 rings (SSSR count). The molecule has 15 heteroatoms. The molecule has 1 saturated carbocycles. The van der Waals surface area contributed by atoms with Crippen LogP contribution in [0.3, 0.4) is 0 Å². The molecule has 3 aliphatic heterocycles. The summed E-state index contributed by atoms with van der Waals surface area (Å²) >= 11 is 0. The minimum absolute atomic E-state index is 0.126. The van der Waals surface area contributed by atoms with Crippen LogP contribution in [0.2, 0.25) is 0 Å². The zero-order valence-electron chi connectivity index (χ0n) is 37.7. The lowest BCUT2D eigenvalue weighted by molar-refractivity contribution is -0.136. The number of halogens is 1. The van der Waals surface area contributed by atoms with E-state index in [1.54, 1.807) is 4.68 Å². The number of nitrogens with one attached hydrogen (secondary N) is 1. The highest BCUT2D eigenvalue weighted by molar-refractivity contribution is 6.24. The summed E-state index contributed by atoms with van der Waals surface area (Å²) in [7, 11) is 0. The Kier molecular flexibility index (Phi) is 7.06. The average molecular weight is 766 g/mol. The van der Waals surface area contributed by atoms with Crippen molar-refractivity contribution in [3.05, 3.63) is 90.0 Å². The van der Waals surface area contributed by atoms with Gasteiger partial charge in [0.15, 0.2) is 5.65 Å². The Hall–Kier alpha value is -6.22. The molecule has 286 valence electrons. The topological polar surface area (TPSA) is 169 Å². The largest absolute Gasteiger partial charge is 0.457 e. The molecule has 4 aliphatic rings. The van der Waals surface area contributed by atoms with Crippen molar-refractivity contribution in [3.63, 3.8) is 0 Å². The first-order valence-electron chi connectivity index (χ1n) is 22.2. The maximum atomic E-state index is 15.9. The molecule has 3 fully saturated rings. The van der Waals surface area contributed by atoms with E-state index < -0.39 is 90.8 Å². The van der Waals surface area contributed by atoms with Crippen molar-refractivity contribution in [2.75, 3.05) is 43.2 Å². The number of hydrogen-bond donors (Lipinski definition) is 2. The van der Waals surface area contributed by atoms with Crippen LogP contribution in [0.4, 0.5) is 15.9 Å². The van der Waals surface area contributed by atoms with Crippen LogP contribution in [0.15, 0.2) is 73.1 Å². The Morgan fingerprint density at radius 3 is 2.34 bits per heavy atom. The van der Waals surface area contributed by atoms with Crippen LogP contribution in [-0.2, 0) is 9.59 Å². The zero-order valence-corrected chi connectivity index (χ0v) is 29.7. The van der Waals surface area contributed by atoms with Crippen LogP contribution >= 0.6 is 0 Å². The van der Waals surface area contributed by atoms with Crippen molar-refractivity contribution in [1.82, 2.24) is 34.9 Å². The predicted molar refractivity (Wildman–Crippen MR) is 204 cm³/mol. The number of para-hydroxylation sites is 1. The van der Waals surface area contributed by atoms with Gasteiger partial charge in [0.25, 0.3) is 11.8 Å². The number of benzene rings is 3. The number of nitrogen functional groups attached to an aromatic ring is 1. The molecule has 5 aromatic rings. The quantitative estimate of drug-likeness (QED) is 0.205. The molecule has 3 aromatic carbocycles. The van der Waals surface area contributed by atoms with Gasteiger partial charge in [0.2, 0.25) is 11.8 Å². The van der Waals surface area contributed by atoms with Crippen molar-refractivity contribution >= 4 is 46.2 Å². The van der Waals surface area contributed by atoms with Gasteiger partial charge in [0.1, 0.15) is 41.2 Å². The van der Waals surface area contributed by atoms with Crippen molar-refractivity contribution in [3.8, 4) is 22.8 Å². The number of amides is 4. The maximum Gasteiger partial charge on any atom is 0.265 e. The number of nitrogens with two attached hydrogens (primary N) is 1. The molecule has 0 spiro atoms. The van der Waals surface area contributed by atoms with Crippen molar-refractivity contribution in [1.29, 1.82) is 0 Å². The van der Waals surface area contributed by atoms with Crippen LogP contribution in [0, 0.1) is 11.7 Å². The summed E-state index contributed by atoms with van der Waals surface area (Å²) < 4.78 is 96.0. The number of rotatable bonds is 8. The number of ether oxygens (including phenoxy) is 1. The Morgan fingerprint density at radius 2 is 1.61 bits per heavy atom. The molecule has 2 saturated heterocycles. The Bertz CT molecular complexity index is 2710. The molecular formula is C41H40FN9O5. The van der Waals surface area contributed by atoms with Crippen LogP contribution in [0.25, 0.3) is 22.3 Å². The van der Waals surface area contributed by atoms with Gasteiger partial charge in [-0.25, -0.2) is 19.0 Å². The highest BCUT2D eigenvalue weighted by Crippen LogP contribution is 2.39. The third-order valence-corrected chi connectivity index (χ3v) is 10.6. The highest BCUT2D eigenvalue weighted by atomic mass is 19.1. The van der Waals surface area contributed by atoms with Crippen LogP contribution in [-0.4, -0.2) is 91.8 Å². The van der Waals surface area contributed by atoms with E-state index in [1.165, 1.54) is 6.33 Å². The molecule has 1 unspecified atom stereocenters. The first-order valence-corrected chi connectivity index (χ1v) is 18.2. The van der Waals surface area contributed by atoms with Gasteiger partial charge in [0, 0.05) is 55.7 Å². The summed E-state index contributed by atoms with van der Waals surface area (Å²) in [6.45, 7) is -13.8. The second-order valence-corrected chi connectivity index (χ2v) is 14.1. The fourth-order valence-electron chi connectivity index (χ4n) is 7.75. The molecule has 4 amide bonds. The van der Waals surface area contributed by atoms with Gasteiger partial charge >= 0.3 is 0 Å². The maximum absolute atomic E-state index is 15.9. The zero-order chi connectivity index (χ0) is 45.7. The van der Waals surface area contributed by atoms with Crippen molar-refractivity contribution in [2.24, 2.45) is 5.92 Å². The van der Waals surface area contributed by atoms with E-state index in [9.17, 15) is 19.2 Å². The smallest absolute Gasteiger partial charge is 0.265 e. The van der Waals surface area contributed by atoms with Gasteiger partial charge in [-0.05, 0) is 86.6 Å². The normalized spacial score (nSPS) is 27.5. The number of piperazine rings is 1. The van der Waals surface area contributed by atoms with E-state index in [0.29, 0.717) is 69.8 Å². The Labute approximate surface area is 332 Å². The Balaban J connectivity index is 0.945. The van der Waals surface area contributed by atoms with Gasteiger partial charge in [-0.2, -0.15) is 5.10 Å². The van der Waals surface area contributed by atoms with Crippen LogP contribution < -0.4 is 20.7 Å². The predicted octanol–water partition coefficient (Wildman–Crippen LogP) is 4.96. The molecule has 0 bridgehead atoms. The van der Waals surface area contributed by atoms with E-state index in [2.05, 4.69) is 9.97 Å². The van der Waals surface area contributed by atoms with Crippen molar-refractivity contribution < 1.29 is 39.3 Å². The summed E-state index contributed by atoms with van der Waals surface area (Å²) in [5.41, 5.74) is 5.98.